The molecule has 0 saturated carbocycles. The highest BCUT2D eigenvalue weighted by atomic mass is 16.5. The molecule has 4 nitrogen and oxygen atoms in total. The van der Waals surface area contributed by atoms with Crippen LogP contribution in [-0.4, -0.2) is 43.1 Å². The lowest BCUT2D eigenvalue weighted by Gasteiger charge is -2.35. The summed E-state index contributed by atoms with van der Waals surface area (Å²) >= 11 is 0. The second kappa shape index (κ2) is 5.21. The van der Waals surface area contributed by atoms with Gasteiger partial charge in [0.1, 0.15) is 12.4 Å². The van der Waals surface area contributed by atoms with Gasteiger partial charge in [-0.2, -0.15) is 0 Å². The van der Waals surface area contributed by atoms with E-state index in [4.69, 9.17) is 4.74 Å². The number of ether oxygens (including phenoxy) is 1. The Balaban J connectivity index is 1.69. The van der Waals surface area contributed by atoms with Crippen molar-refractivity contribution < 1.29 is 9.53 Å². The summed E-state index contributed by atoms with van der Waals surface area (Å²) in [6.45, 7) is 5.12. The van der Waals surface area contributed by atoms with Crippen molar-refractivity contribution in [2.24, 2.45) is 5.92 Å². The number of hydrogen-bond acceptors (Lipinski definition) is 3. The summed E-state index contributed by atoms with van der Waals surface area (Å²) in [6, 6.07) is 8.38. The van der Waals surface area contributed by atoms with Crippen molar-refractivity contribution in [1.29, 1.82) is 0 Å². The molecule has 1 fully saturated rings. The van der Waals surface area contributed by atoms with E-state index < -0.39 is 0 Å². The summed E-state index contributed by atoms with van der Waals surface area (Å²) in [5.41, 5.74) is 1.15. The van der Waals surface area contributed by atoms with Crippen LogP contribution in [0, 0.1) is 5.92 Å². The van der Waals surface area contributed by atoms with Crippen molar-refractivity contribution in [1.82, 2.24) is 10.2 Å². The van der Waals surface area contributed by atoms with E-state index in [2.05, 4.69) is 18.3 Å². The van der Waals surface area contributed by atoms with Crippen LogP contribution in [0.25, 0.3) is 0 Å². The molecule has 3 rings (SSSR count). The lowest BCUT2D eigenvalue weighted by Crippen LogP contribution is -2.53. The van der Waals surface area contributed by atoms with Gasteiger partial charge in [-0.3, -0.25) is 4.79 Å². The van der Waals surface area contributed by atoms with Gasteiger partial charge < -0.3 is 15.0 Å². The molecule has 1 saturated heterocycles. The summed E-state index contributed by atoms with van der Waals surface area (Å²) in [4.78, 5) is 14.5. The van der Waals surface area contributed by atoms with E-state index in [0.29, 0.717) is 12.6 Å². The molecular weight excluding hydrogens is 240 g/mol. The van der Waals surface area contributed by atoms with Crippen LogP contribution < -0.4 is 10.1 Å². The van der Waals surface area contributed by atoms with Crippen LogP contribution >= 0.6 is 0 Å². The first-order valence-electron chi connectivity index (χ1n) is 6.97. The van der Waals surface area contributed by atoms with E-state index in [1.54, 1.807) is 0 Å². The van der Waals surface area contributed by atoms with Gasteiger partial charge in [0, 0.05) is 25.7 Å². The number of amides is 1. The minimum atomic E-state index is -0.0276. The number of carbonyl (C=O) groups is 1. The van der Waals surface area contributed by atoms with Gasteiger partial charge in [-0.1, -0.05) is 18.2 Å². The second-order valence-corrected chi connectivity index (χ2v) is 5.46. The van der Waals surface area contributed by atoms with Crippen molar-refractivity contribution in [3.8, 4) is 5.75 Å². The number of piperazine rings is 1. The average molecular weight is 260 g/mol. The van der Waals surface area contributed by atoms with Crippen LogP contribution in [-0.2, 0) is 11.2 Å². The third kappa shape index (κ3) is 2.59. The summed E-state index contributed by atoms with van der Waals surface area (Å²) in [6.07, 6.45) is 0.799. The van der Waals surface area contributed by atoms with E-state index >= 15 is 0 Å². The van der Waals surface area contributed by atoms with Crippen LogP contribution in [0.3, 0.4) is 0 Å². The van der Waals surface area contributed by atoms with E-state index in [0.717, 1.165) is 37.4 Å². The van der Waals surface area contributed by atoms with Crippen LogP contribution in [0.2, 0.25) is 0 Å². The molecule has 2 atom stereocenters. The number of carbonyl (C=O) groups excluding carboxylic acids is 1. The molecule has 2 aliphatic rings. The van der Waals surface area contributed by atoms with Gasteiger partial charge in [-0.15, -0.1) is 0 Å². The Hall–Kier alpha value is -1.55. The molecule has 19 heavy (non-hydrogen) atoms. The molecule has 2 aliphatic heterocycles. The Morgan fingerprint density at radius 1 is 1.42 bits per heavy atom. The van der Waals surface area contributed by atoms with Crippen molar-refractivity contribution in [2.75, 3.05) is 26.2 Å². The van der Waals surface area contributed by atoms with E-state index in [-0.39, 0.29) is 11.8 Å². The van der Waals surface area contributed by atoms with Crippen molar-refractivity contribution in [3.05, 3.63) is 29.8 Å². The van der Waals surface area contributed by atoms with Gasteiger partial charge >= 0.3 is 0 Å². The maximum atomic E-state index is 12.5. The predicted molar refractivity (Wildman–Crippen MR) is 73.2 cm³/mol. The molecule has 1 N–H and O–H groups in total. The highest BCUT2D eigenvalue weighted by Gasteiger charge is 2.31. The molecule has 1 aromatic carbocycles. The quantitative estimate of drug-likeness (QED) is 0.821. The van der Waals surface area contributed by atoms with Crippen molar-refractivity contribution in [3.63, 3.8) is 0 Å². The standard InChI is InChI=1S/C15H20N2O2/c1-11-9-17(7-6-16-11)15(18)13-8-12-4-2-3-5-14(12)19-10-13/h2-5,11,13,16H,6-10H2,1H3. The molecular formula is C15H20N2O2. The molecule has 0 aliphatic carbocycles. The molecule has 4 heteroatoms. The van der Waals surface area contributed by atoms with Crippen LogP contribution in [0.5, 0.6) is 5.75 Å². The van der Waals surface area contributed by atoms with Crippen molar-refractivity contribution >= 4 is 5.91 Å². The monoisotopic (exact) mass is 260 g/mol. The average Bonchev–Trinajstić information content (AvgIpc) is 2.46. The molecule has 0 aromatic heterocycles. The van der Waals surface area contributed by atoms with Crippen LogP contribution in [0.15, 0.2) is 24.3 Å². The number of hydrogen-bond donors (Lipinski definition) is 1. The Morgan fingerprint density at radius 2 is 2.26 bits per heavy atom. The molecule has 0 radical (unpaired) electrons. The van der Waals surface area contributed by atoms with Crippen molar-refractivity contribution in [2.45, 2.75) is 19.4 Å². The lowest BCUT2D eigenvalue weighted by molar-refractivity contribution is -0.138. The number of nitrogens with one attached hydrogen (secondary N) is 1. The normalized spacial score (nSPS) is 26.5. The zero-order chi connectivity index (χ0) is 13.2. The fourth-order valence-corrected chi connectivity index (χ4v) is 2.88. The first-order valence-corrected chi connectivity index (χ1v) is 6.97. The highest BCUT2D eigenvalue weighted by Crippen LogP contribution is 2.27. The van der Waals surface area contributed by atoms with Gasteiger partial charge in [0.2, 0.25) is 5.91 Å². The number of benzene rings is 1. The van der Waals surface area contributed by atoms with Gasteiger partial charge in [-0.25, -0.2) is 0 Å². The zero-order valence-corrected chi connectivity index (χ0v) is 11.3. The van der Waals surface area contributed by atoms with Gasteiger partial charge in [0.25, 0.3) is 0 Å². The van der Waals surface area contributed by atoms with E-state index in [9.17, 15) is 4.79 Å². The first kappa shape index (κ1) is 12.5. The fraction of sp³-hybridized carbons (Fsp3) is 0.533. The fourth-order valence-electron chi connectivity index (χ4n) is 2.88. The molecule has 0 spiro atoms. The Labute approximate surface area is 113 Å². The SMILES string of the molecule is CC1CN(C(=O)C2COc3ccccc3C2)CCN1. The van der Waals surface area contributed by atoms with Gasteiger partial charge in [0.05, 0.1) is 5.92 Å². The smallest absolute Gasteiger partial charge is 0.229 e. The predicted octanol–water partition coefficient (Wildman–Crippen LogP) is 1.06. The molecule has 2 unspecified atom stereocenters. The highest BCUT2D eigenvalue weighted by molar-refractivity contribution is 5.80. The summed E-state index contributed by atoms with van der Waals surface area (Å²) in [5, 5.41) is 3.36. The zero-order valence-electron chi connectivity index (χ0n) is 11.3. The van der Waals surface area contributed by atoms with Gasteiger partial charge in [-0.05, 0) is 25.0 Å². The van der Waals surface area contributed by atoms with Gasteiger partial charge in [0.15, 0.2) is 0 Å². The number of nitrogens with zero attached hydrogens (tertiary/aromatic N) is 1. The topological polar surface area (TPSA) is 41.6 Å². The number of para-hydroxylation sites is 1. The number of rotatable bonds is 1. The summed E-state index contributed by atoms with van der Waals surface area (Å²) in [5.74, 6) is 1.14. The maximum absolute atomic E-state index is 12.5. The second-order valence-electron chi connectivity index (χ2n) is 5.46. The Bertz CT molecular complexity index is 475. The first-order chi connectivity index (χ1) is 9.24. The minimum Gasteiger partial charge on any atom is -0.492 e. The largest absolute Gasteiger partial charge is 0.492 e. The Kier molecular flexibility index (Phi) is 3.42. The van der Waals surface area contributed by atoms with E-state index in [1.165, 1.54) is 0 Å². The molecule has 1 amide bonds. The van der Waals surface area contributed by atoms with Crippen LogP contribution in [0.4, 0.5) is 0 Å². The molecule has 102 valence electrons. The number of fused-ring (bicyclic) bond motifs is 1. The molecule has 1 aromatic rings. The van der Waals surface area contributed by atoms with Crippen LogP contribution in [0.1, 0.15) is 12.5 Å². The maximum Gasteiger partial charge on any atom is 0.229 e. The molecule has 2 heterocycles. The third-order valence-corrected chi connectivity index (χ3v) is 3.91. The summed E-state index contributed by atoms with van der Waals surface area (Å²) in [7, 11) is 0. The minimum absolute atomic E-state index is 0.0276. The molecule has 0 bridgehead atoms. The third-order valence-electron chi connectivity index (χ3n) is 3.91. The summed E-state index contributed by atoms with van der Waals surface area (Å²) < 4.78 is 5.71. The lowest BCUT2D eigenvalue weighted by atomic mass is 9.95. The Morgan fingerprint density at radius 3 is 3.11 bits per heavy atom. The van der Waals surface area contributed by atoms with E-state index in [1.807, 2.05) is 23.1 Å².